The summed E-state index contributed by atoms with van der Waals surface area (Å²) in [6, 6.07) is 25.3. The number of nitrogens with zero attached hydrogens (tertiary/aromatic N) is 3. The second-order valence-corrected chi connectivity index (χ2v) is 7.30. The van der Waals surface area contributed by atoms with Gasteiger partial charge in [-0.25, -0.2) is 4.68 Å². The van der Waals surface area contributed by atoms with E-state index >= 15 is 0 Å². The Labute approximate surface area is 180 Å². The van der Waals surface area contributed by atoms with Crippen molar-refractivity contribution in [2.75, 3.05) is 11.7 Å². The highest BCUT2D eigenvalue weighted by atomic mass is 16.7. The molecule has 0 N–H and O–H groups in total. The minimum Gasteiger partial charge on any atom is -0.454 e. The van der Waals surface area contributed by atoms with Crippen molar-refractivity contribution in [3.8, 4) is 17.2 Å². The third-order valence-electron chi connectivity index (χ3n) is 5.21. The van der Waals surface area contributed by atoms with Gasteiger partial charge in [-0.05, 0) is 53.6 Å². The normalized spacial score (nSPS) is 12.0. The van der Waals surface area contributed by atoms with E-state index in [4.69, 9.17) is 9.47 Å². The molecule has 31 heavy (non-hydrogen) atoms. The lowest BCUT2D eigenvalue weighted by atomic mass is 10.1. The molecule has 6 nitrogen and oxygen atoms in total. The molecule has 6 heteroatoms. The average Bonchev–Trinajstić information content (AvgIpc) is 3.50. The van der Waals surface area contributed by atoms with Crippen LogP contribution in [0.2, 0.25) is 0 Å². The van der Waals surface area contributed by atoms with Crippen molar-refractivity contribution in [1.29, 1.82) is 0 Å². The SMILES string of the molecule is O=C(Cc1ccc(-n2cccn2)cc1)N(Cc1ccc2c(c1)OCO2)c1ccccc1. The number of hydrogen-bond acceptors (Lipinski definition) is 4. The number of ether oxygens (including phenoxy) is 2. The first-order chi connectivity index (χ1) is 15.3. The number of fused-ring (bicyclic) bond motifs is 1. The summed E-state index contributed by atoms with van der Waals surface area (Å²) < 4.78 is 12.7. The molecule has 0 spiro atoms. The molecule has 0 saturated heterocycles. The first-order valence-electron chi connectivity index (χ1n) is 10.1. The number of hydrogen-bond donors (Lipinski definition) is 0. The van der Waals surface area contributed by atoms with Crippen LogP contribution in [0.5, 0.6) is 11.5 Å². The predicted molar refractivity (Wildman–Crippen MR) is 117 cm³/mol. The van der Waals surface area contributed by atoms with Crippen LogP contribution >= 0.6 is 0 Å². The van der Waals surface area contributed by atoms with Crippen molar-refractivity contribution in [3.63, 3.8) is 0 Å². The van der Waals surface area contributed by atoms with E-state index in [-0.39, 0.29) is 12.7 Å². The van der Waals surface area contributed by atoms with Crippen LogP contribution in [0.25, 0.3) is 5.69 Å². The summed E-state index contributed by atoms with van der Waals surface area (Å²) in [6.07, 6.45) is 3.94. The van der Waals surface area contributed by atoms with Gasteiger partial charge in [0.15, 0.2) is 11.5 Å². The maximum Gasteiger partial charge on any atom is 0.231 e. The lowest BCUT2D eigenvalue weighted by Crippen LogP contribution is -2.31. The first-order valence-corrected chi connectivity index (χ1v) is 10.1. The molecule has 0 atom stereocenters. The molecule has 4 aromatic rings. The summed E-state index contributed by atoms with van der Waals surface area (Å²) in [5.74, 6) is 1.47. The fraction of sp³-hybridized carbons (Fsp3) is 0.120. The quantitative estimate of drug-likeness (QED) is 0.473. The summed E-state index contributed by atoms with van der Waals surface area (Å²) in [5, 5.41) is 4.24. The fourth-order valence-corrected chi connectivity index (χ4v) is 3.61. The van der Waals surface area contributed by atoms with Gasteiger partial charge < -0.3 is 14.4 Å². The van der Waals surface area contributed by atoms with Gasteiger partial charge in [-0.3, -0.25) is 4.79 Å². The number of para-hydroxylation sites is 1. The molecule has 5 rings (SSSR count). The van der Waals surface area contributed by atoms with E-state index in [0.29, 0.717) is 18.7 Å². The molecule has 154 valence electrons. The van der Waals surface area contributed by atoms with Crippen LogP contribution in [0, 0.1) is 0 Å². The Kier molecular flexibility index (Phi) is 5.10. The van der Waals surface area contributed by atoms with Gasteiger partial charge in [0.05, 0.1) is 18.7 Å². The minimum atomic E-state index is 0.0238. The van der Waals surface area contributed by atoms with Crippen LogP contribution in [0.3, 0.4) is 0 Å². The Hall–Kier alpha value is -4.06. The standard InChI is InChI=1S/C25H21N3O3/c29-25(16-19-7-10-22(11-8-19)28-14-4-13-26-28)27(21-5-2-1-3-6-21)17-20-9-12-23-24(15-20)31-18-30-23/h1-15H,16-18H2. The van der Waals surface area contributed by atoms with Gasteiger partial charge in [0.25, 0.3) is 0 Å². The van der Waals surface area contributed by atoms with E-state index in [9.17, 15) is 4.79 Å². The van der Waals surface area contributed by atoms with Gasteiger partial charge in [0, 0.05) is 18.1 Å². The van der Waals surface area contributed by atoms with Crippen molar-refractivity contribution in [3.05, 3.63) is 102 Å². The zero-order valence-electron chi connectivity index (χ0n) is 16.8. The Bertz CT molecular complexity index is 1170. The predicted octanol–water partition coefficient (Wildman–Crippen LogP) is 4.38. The van der Waals surface area contributed by atoms with Crippen LogP contribution in [0.4, 0.5) is 5.69 Å². The van der Waals surface area contributed by atoms with Crippen molar-refractivity contribution in [2.24, 2.45) is 0 Å². The molecule has 3 aromatic carbocycles. The lowest BCUT2D eigenvalue weighted by Gasteiger charge is -2.23. The number of carbonyl (C=O) groups excluding carboxylic acids is 1. The van der Waals surface area contributed by atoms with Gasteiger partial charge in [0.2, 0.25) is 12.7 Å². The number of carbonyl (C=O) groups is 1. The Morgan fingerprint density at radius 2 is 1.68 bits per heavy atom. The number of rotatable bonds is 6. The van der Waals surface area contributed by atoms with Crippen LogP contribution < -0.4 is 14.4 Å². The van der Waals surface area contributed by atoms with Gasteiger partial charge in [-0.15, -0.1) is 0 Å². The van der Waals surface area contributed by atoms with Crippen LogP contribution in [-0.4, -0.2) is 22.5 Å². The fourth-order valence-electron chi connectivity index (χ4n) is 3.61. The molecule has 0 fully saturated rings. The summed E-state index contributed by atoms with van der Waals surface area (Å²) in [6.45, 7) is 0.680. The maximum absolute atomic E-state index is 13.3. The first kappa shape index (κ1) is 18.9. The largest absolute Gasteiger partial charge is 0.454 e. The summed E-state index contributed by atoms with van der Waals surface area (Å²) >= 11 is 0. The Morgan fingerprint density at radius 3 is 2.45 bits per heavy atom. The molecular weight excluding hydrogens is 390 g/mol. The second kappa shape index (κ2) is 8.36. The lowest BCUT2D eigenvalue weighted by molar-refractivity contribution is -0.118. The molecule has 0 aliphatic carbocycles. The maximum atomic E-state index is 13.3. The Morgan fingerprint density at radius 1 is 0.903 bits per heavy atom. The van der Waals surface area contributed by atoms with Crippen LogP contribution in [-0.2, 0) is 17.8 Å². The smallest absolute Gasteiger partial charge is 0.231 e. The van der Waals surface area contributed by atoms with E-state index in [1.54, 1.807) is 15.8 Å². The van der Waals surface area contributed by atoms with Crippen molar-refractivity contribution in [2.45, 2.75) is 13.0 Å². The number of amides is 1. The molecule has 0 radical (unpaired) electrons. The summed E-state index contributed by atoms with van der Waals surface area (Å²) in [7, 11) is 0. The molecule has 1 aromatic heterocycles. The van der Waals surface area contributed by atoms with Gasteiger partial charge in [0.1, 0.15) is 0 Å². The molecule has 0 bridgehead atoms. The van der Waals surface area contributed by atoms with Crippen molar-refractivity contribution >= 4 is 11.6 Å². The molecule has 2 heterocycles. The molecule has 0 unspecified atom stereocenters. The summed E-state index contributed by atoms with van der Waals surface area (Å²) in [4.78, 5) is 15.1. The van der Waals surface area contributed by atoms with E-state index in [1.807, 2.05) is 85.1 Å². The van der Waals surface area contributed by atoms with Crippen LogP contribution in [0.15, 0.2) is 91.3 Å². The van der Waals surface area contributed by atoms with E-state index in [1.165, 1.54) is 0 Å². The zero-order chi connectivity index (χ0) is 21.0. The van der Waals surface area contributed by atoms with Gasteiger partial charge >= 0.3 is 0 Å². The van der Waals surface area contributed by atoms with Crippen molar-refractivity contribution < 1.29 is 14.3 Å². The average molecular weight is 411 g/mol. The highest BCUT2D eigenvalue weighted by Gasteiger charge is 2.19. The van der Waals surface area contributed by atoms with Crippen molar-refractivity contribution in [1.82, 2.24) is 9.78 Å². The molecule has 0 saturated carbocycles. The topological polar surface area (TPSA) is 56.6 Å². The third-order valence-corrected chi connectivity index (χ3v) is 5.21. The van der Waals surface area contributed by atoms with E-state index in [2.05, 4.69) is 5.10 Å². The summed E-state index contributed by atoms with van der Waals surface area (Å²) in [5.41, 5.74) is 3.75. The molecular formula is C25H21N3O3. The van der Waals surface area contributed by atoms with E-state index in [0.717, 1.165) is 28.3 Å². The monoisotopic (exact) mass is 411 g/mol. The highest BCUT2D eigenvalue weighted by molar-refractivity contribution is 5.94. The van der Waals surface area contributed by atoms with Gasteiger partial charge in [-0.2, -0.15) is 5.10 Å². The zero-order valence-corrected chi connectivity index (χ0v) is 16.8. The van der Waals surface area contributed by atoms with Gasteiger partial charge in [-0.1, -0.05) is 36.4 Å². The molecule has 1 amide bonds. The molecule has 1 aliphatic heterocycles. The highest BCUT2D eigenvalue weighted by Crippen LogP contribution is 2.33. The second-order valence-electron chi connectivity index (χ2n) is 7.30. The Balaban J connectivity index is 1.37. The molecule has 1 aliphatic rings. The number of aromatic nitrogens is 2. The third kappa shape index (κ3) is 4.14. The number of benzene rings is 3. The van der Waals surface area contributed by atoms with Crippen LogP contribution in [0.1, 0.15) is 11.1 Å². The minimum absolute atomic E-state index is 0.0238. The number of anilines is 1. The van der Waals surface area contributed by atoms with E-state index < -0.39 is 0 Å².